The standard InChI is InChI=1S/C17H18N2O8S/c1-9(2)8-27-14(20)7-18-16(22)13(28-17(18)23)6-10-4-11(19(24)25)15(21)12(5-10)26-3/h4-6,9,21H,7-8H2,1-3H3/b13-6+. The average molecular weight is 410 g/mol. The fraction of sp³-hybridized carbons (Fsp3) is 0.353. The molecule has 0 aliphatic carbocycles. The summed E-state index contributed by atoms with van der Waals surface area (Å²) in [5, 5.41) is 20.2. The number of hydrogen-bond acceptors (Lipinski definition) is 9. The predicted molar refractivity (Wildman–Crippen MR) is 99.8 cm³/mol. The Morgan fingerprint density at radius 1 is 1.39 bits per heavy atom. The van der Waals surface area contributed by atoms with E-state index < -0.39 is 40.0 Å². The number of hydrogen-bond donors (Lipinski definition) is 1. The summed E-state index contributed by atoms with van der Waals surface area (Å²) in [7, 11) is 1.22. The number of nitro groups is 1. The summed E-state index contributed by atoms with van der Waals surface area (Å²) in [5.41, 5.74) is -0.434. The minimum atomic E-state index is -0.800. The number of thioether (sulfide) groups is 1. The van der Waals surface area contributed by atoms with Gasteiger partial charge in [0.25, 0.3) is 11.1 Å². The van der Waals surface area contributed by atoms with Crippen molar-refractivity contribution in [3.8, 4) is 11.5 Å². The second-order valence-corrected chi connectivity index (χ2v) is 7.19. The van der Waals surface area contributed by atoms with Crippen LogP contribution in [0.4, 0.5) is 10.5 Å². The van der Waals surface area contributed by atoms with Gasteiger partial charge in [-0.2, -0.15) is 0 Å². The number of nitro benzene ring substituents is 1. The number of aromatic hydroxyl groups is 1. The van der Waals surface area contributed by atoms with Crippen LogP contribution in [0.15, 0.2) is 17.0 Å². The molecule has 11 heteroatoms. The molecule has 0 radical (unpaired) electrons. The van der Waals surface area contributed by atoms with Gasteiger partial charge in [0.1, 0.15) is 6.54 Å². The molecular formula is C17H18N2O8S. The van der Waals surface area contributed by atoms with Crippen LogP contribution >= 0.6 is 11.8 Å². The molecule has 1 aromatic carbocycles. The van der Waals surface area contributed by atoms with E-state index in [1.54, 1.807) is 0 Å². The van der Waals surface area contributed by atoms with Crippen molar-refractivity contribution < 1.29 is 33.9 Å². The first-order chi connectivity index (χ1) is 13.1. The normalized spacial score (nSPS) is 15.4. The molecular weight excluding hydrogens is 392 g/mol. The Bertz CT molecular complexity index is 865. The van der Waals surface area contributed by atoms with Crippen LogP contribution in [0.25, 0.3) is 6.08 Å². The van der Waals surface area contributed by atoms with Gasteiger partial charge in [-0.1, -0.05) is 13.8 Å². The highest BCUT2D eigenvalue weighted by Crippen LogP contribution is 2.39. The van der Waals surface area contributed by atoms with E-state index in [0.29, 0.717) is 11.8 Å². The van der Waals surface area contributed by atoms with Crippen molar-refractivity contribution in [2.45, 2.75) is 13.8 Å². The Balaban J connectivity index is 2.25. The molecule has 0 atom stereocenters. The van der Waals surface area contributed by atoms with E-state index in [1.807, 2.05) is 13.8 Å². The molecule has 1 aromatic rings. The summed E-state index contributed by atoms with van der Waals surface area (Å²) in [4.78, 5) is 47.2. The van der Waals surface area contributed by atoms with Crippen LogP contribution < -0.4 is 4.74 Å². The summed E-state index contributed by atoms with van der Waals surface area (Å²) in [6.07, 6.45) is 1.25. The van der Waals surface area contributed by atoms with Gasteiger partial charge in [0.05, 0.1) is 23.5 Å². The molecule has 1 N–H and O–H groups in total. The van der Waals surface area contributed by atoms with Gasteiger partial charge in [-0.15, -0.1) is 0 Å². The van der Waals surface area contributed by atoms with E-state index in [2.05, 4.69) is 0 Å². The monoisotopic (exact) mass is 410 g/mol. The summed E-state index contributed by atoms with van der Waals surface area (Å²) >= 11 is 0.593. The van der Waals surface area contributed by atoms with E-state index >= 15 is 0 Å². The SMILES string of the molecule is COc1cc(/C=C2/SC(=O)N(CC(=O)OCC(C)C)C2=O)cc([N+](=O)[O-])c1O. The van der Waals surface area contributed by atoms with E-state index in [0.717, 1.165) is 11.0 Å². The van der Waals surface area contributed by atoms with Gasteiger partial charge in [-0.05, 0) is 35.4 Å². The van der Waals surface area contributed by atoms with Crippen molar-refractivity contribution in [1.29, 1.82) is 0 Å². The van der Waals surface area contributed by atoms with Crippen LogP contribution in [-0.2, 0) is 14.3 Å². The first kappa shape index (κ1) is 21.2. The number of esters is 1. The highest BCUT2D eigenvalue weighted by Gasteiger charge is 2.37. The van der Waals surface area contributed by atoms with Crippen LogP contribution in [-0.4, -0.2) is 52.3 Å². The van der Waals surface area contributed by atoms with Gasteiger partial charge in [0.2, 0.25) is 5.75 Å². The summed E-state index contributed by atoms with van der Waals surface area (Å²) in [6.45, 7) is 3.35. The van der Waals surface area contributed by atoms with Crippen LogP contribution in [0.1, 0.15) is 19.4 Å². The van der Waals surface area contributed by atoms with Gasteiger partial charge in [-0.25, -0.2) is 0 Å². The zero-order valence-electron chi connectivity index (χ0n) is 15.3. The Morgan fingerprint density at radius 3 is 2.64 bits per heavy atom. The highest BCUT2D eigenvalue weighted by atomic mass is 32.2. The Labute approximate surface area is 164 Å². The van der Waals surface area contributed by atoms with Crippen LogP contribution in [0.2, 0.25) is 0 Å². The molecule has 1 aliphatic rings. The molecule has 10 nitrogen and oxygen atoms in total. The van der Waals surface area contributed by atoms with Crippen LogP contribution in [0, 0.1) is 16.0 Å². The van der Waals surface area contributed by atoms with Crippen molar-refractivity contribution in [2.24, 2.45) is 5.92 Å². The van der Waals surface area contributed by atoms with Gasteiger partial charge in [-0.3, -0.25) is 29.4 Å². The number of rotatable bonds is 7. The third-order valence-corrected chi connectivity index (χ3v) is 4.44. The third kappa shape index (κ3) is 4.80. The molecule has 1 aliphatic heterocycles. The number of phenols is 1. The first-order valence-electron chi connectivity index (χ1n) is 8.10. The quantitative estimate of drug-likeness (QED) is 0.311. The third-order valence-electron chi connectivity index (χ3n) is 3.53. The number of methoxy groups -OCH3 is 1. The molecule has 2 rings (SSSR count). The minimum absolute atomic E-state index is 0.0244. The average Bonchev–Trinajstić information content (AvgIpc) is 2.88. The first-order valence-corrected chi connectivity index (χ1v) is 8.92. The van der Waals surface area contributed by atoms with Gasteiger partial charge >= 0.3 is 11.7 Å². The smallest absolute Gasteiger partial charge is 0.326 e. The highest BCUT2D eigenvalue weighted by molar-refractivity contribution is 8.18. The fourth-order valence-corrected chi connectivity index (χ4v) is 3.05. The predicted octanol–water partition coefficient (Wildman–Crippen LogP) is 2.54. The van der Waals surface area contributed by atoms with E-state index in [1.165, 1.54) is 19.3 Å². The van der Waals surface area contributed by atoms with Crippen molar-refractivity contribution in [3.05, 3.63) is 32.7 Å². The van der Waals surface area contributed by atoms with Crippen LogP contribution in [0.5, 0.6) is 11.5 Å². The number of nitrogens with zero attached hydrogens (tertiary/aromatic N) is 2. The lowest BCUT2D eigenvalue weighted by atomic mass is 10.1. The molecule has 0 bridgehead atoms. The van der Waals surface area contributed by atoms with E-state index in [4.69, 9.17) is 9.47 Å². The molecule has 1 saturated heterocycles. The van der Waals surface area contributed by atoms with E-state index in [9.17, 15) is 29.6 Å². The molecule has 0 aromatic heterocycles. The number of phenolic OH excluding ortho intramolecular Hbond substituents is 1. The Morgan fingerprint density at radius 2 is 2.07 bits per heavy atom. The van der Waals surface area contributed by atoms with Crippen molar-refractivity contribution in [2.75, 3.05) is 20.3 Å². The molecule has 1 fully saturated rings. The molecule has 0 unspecified atom stereocenters. The maximum atomic E-state index is 12.4. The van der Waals surface area contributed by atoms with Gasteiger partial charge in [0.15, 0.2) is 5.75 Å². The lowest BCUT2D eigenvalue weighted by Crippen LogP contribution is -2.34. The number of carbonyl (C=O) groups excluding carboxylic acids is 3. The van der Waals surface area contributed by atoms with Crippen molar-refractivity contribution in [3.63, 3.8) is 0 Å². The van der Waals surface area contributed by atoms with Crippen LogP contribution in [0.3, 0.4) is 0 Å². The van der Waals surface area contributed by atoms with Gasteiger partial charge in [0, 0.05) is 6.07 Å². The number of amides is 2. The molecule has 150 valence electrons. The molecule has 28 heavy (non-hydrogen) atoms. The molecule has 1 heterocycles. The summed E-state index contributed by atoms with van der Waals surface area (Å²) < 4.78 is 9.86. The second-order valence-electron chi connectivity index (χ2n) is 6.19. The summed E-state index contributed by atoms with van der Waals surface area (Å²) in [5.74, 6) is -2.12. The number of benzene rings is 1. The number of imide groups is 1. The zero-order valence-corrected chi connectivity index (χ0v) is 16.1. The minimum Gasteiger partial charge on any atom is -0.500 e. The fourth-order valence-electron chi connectivity index (χ4n) is 2.21. The van der Waals surface area contributed by atoms with Crippen molar-refractivity contribution >= 4 is 40.6 Å². The number of ether oxygens (including phenoxy) is 2. The molecule has 2 amide bonds. The molecule has 0 spiro atoms. The number of carbonyl (C=O) groups is 3. The Kier molecular flexibility index (Phi) is 6.62. The summed E-state index contributed by atoms with van der Waals surface area (Å²) in [6, 6.07) is 2.33. The second kappa shape index (κ2) is 8.74. The van der Waals surface area contributed by atoms with Gasteiger partial charge < -0.3 is 14.6 Å². The lowest BCUT2D eigenvalue weighted by Gasteiger charge is -2.12. The maximum Gasteiger partial charge on any atom is 0.326 e. The van der Waals surface area contributed by atoms with E-state index in [-0.39, 0.29) is 28.7 Å². The lowest BCUT2D eigenvalue weighted by molar-refractivity contribution is -0.386. The Hall–Kier alpha value is -3.08. The largest absolute Gasteiger partial charge is 0.500 e. The van der Waals surface area contributed by atoms with Crippen molar-refractivity contribution in [1.82, 2.24) is 4.90 Å². The topological polar surface area (TPSA) is 136 Å². The molecule has 0 saturated carbocycles. The maximum absolute atomic E-state index is 12.4. The zero-order chi connectivity index (χ0) is 21.0.